The van der Waals surface area contributed by atoms with E-state index in [0.29, 0.717) is 0 Å². The fourth-order valence-electron chi connectivity index (χ4n) is 3.19. The lowest BCUT2D eigenvalue weighted by atomic mass is 10.2. The lowest BCUT2D eigenvalue weighted by molar-refractivity contribution is 0.978. The lowest BCUT2D eigenvalue weighted by Gasteiger charge is -2.30. The van der Waals surface area contributed by atoms with Crippen LogP contribution in [-0.4, -0.2) is 8.07 Å². The van der Waals surface area contributed by atoms with E-state index in [1.54, 1.807) is 0 Å². The Morgan fingerprint density at radius 1 is 0.619 bits per heavy atom. The quantitative estimate of drug-likeness (QED) is 0.527. The molecule has 0 heterocycles. The van der Waals surface area contributed by atoms with E-state index in [-0.39, 0.29) is 0 Å². The van der Waals surface area contributed by atoms with Gasteiger partial charge in [-0.2, -0.15) is 0 Å². The number of benzene rings is 2. The molecule has 0 N–H and O–H groups in total. The van der Waals surface area contributed by atoms with Crippen LogP contribution in [0.1, 0.15) is 25.0 Å². The molecule has 0 unspecified atom stereocenters. The molecule has 0 aliphatic rings. The largest absolute Gasteiger partial charge is 0.0678 e. The van der Waals surface area contributed by atoms with E-state index in [2.05, 4.69) is 74.5 Å². The first-order chi connectivity index (χ1) is 10.3. The summed E-state index contributed by atoms with van der Waals surface area (Å²) < 4.78 is 0. The van der Waals surface area contributed by atoms with Gasteiger partial charge in [-0.05, 0) is 24.0 Å². The van der Waals surface area contributed by atoms with Crippen molar-refractivity contribution in [2.75, 3.05) is 0 Å². The van der Waals surface area contributed by atoms with Crippen LogP contribution in [0.25, 0.3) is 0 Å². The van der Waals surface area contributed by atoms with Gasteiger partial charge in [0.15, 0.2) is 0 Å². The number of aryl methyl sites for hydroxylation is 2. The van der Waals surface area contributed by atoms with Crippen molar-refractivity contribution in [2.24, 2.45) is 0 Å². The van der Waals surface area contributed by atoms with Gasteiger partial charge in [0.05, 0.1) is 8.07 Å². The molecule has 2 aromatic carbocycles. The van der Waals surface area contributed by atoms with Crippen molar-refractivity contribution in [1.82, 2.24) is 0 Å². The average Bonchev–Trinajstić information content (AvgIpc) is 2.58. The Morgan fingerprint density at radius 3 is 1.33 bits per heavy atom. The van der Waals surface area contributed by atoms with Gasteiger partial charge in [0.2, 0.25) is 0 Å². The summed E-state index contributed by atoms with van der Waals surface area (Å²) >= 11 is 0. The summed E-state index contributed by atoms with van der Waals surface area (Å²) in [4.78, 5) is 0. The molecule has 1 heteroatoms. The van der Waals surface area contributed by atoms with E-state index in [1.807, 2.05) is 0 Å². The van der Waals surface area contributed by atoms with E-state index >= 15 is 0 Å². The molecule has 21 heavy (non-hydrogen) atoms. The Balaban J connectivity index is 1.95. The second-order valence-electron chi connectivity index (χ2n) is 6.18. The Morgan fingerprint density at radius 2 is 1.00 bits per heavy atom. The van der Waals surface area contributed by atoms with Crippen molar-refractivity contribution in [1.29, 1.82) is 0 Å². The number of hydrogen-bond acceptors (Lipinski definition) is 0. The molecule has 0 aliphatic carbocycles. The van der Waals surface area contributed by atoms with Crippen LogP contribution < -0.4 is 0 Å². The van der Waals surface area contributed by atoms with Crippen LogP contribution >= 0.6 is 0 Å². The van der Waals surface area contributed by atoms with Crippen LogP contribution in [0.4, 0.5) is 0 Å². The molecule has 0 nitrogen and oxygen atoms in total. The standard InChI is InChI=1S/C20H28Si/c1-3-21(4-2,17-15-19-11-7-5-8-12-19)18-16-20-13-9-6-10-14-20/h5-14H,3-4,15-18H2,1-2H3. The Hall–Kier alpha value is -1.34. The summed E-state index contributed by atoms with van der Waals surface area (Å²) in [6, 6.07) is 27.7. The van der Waals surface area contributed by atoms with Gasteiger partial charge < -0.3 is 0 Å². The monoisotopic (exact) mass is 296 g/mol. The van der Waals surface area contributed by atoms with Crippen LogP contribution in [0.5, 0.6) is 0 Å². The third kappa shape index (κ3) is 4.85. The highest BCUT2D eigenvalue weighted by atomic mass is 28.3. The molecule has 0 fully saturated rings. The molecule has 0 aromatic heterocycles. The molecule has 0 saturated carbocycles. The second kappa shape index (κ2) is 8.19. The summed E-state index contributed by atoms with van der Waals surface area (Å²) in [5.74, 6) is 0. The fourth-order valence-corrected chi connectivity index (χ4v) is 6.99. The van der Waals surface area contributed by atoms with Crippen LogP contribution in [-0.2, 0) is 12.8 Å². The minimum absolute atomic E-state index is 1.11. The van der Waals surface area contributed by atoms with Gasteiger partial charge in [0.1, 0.15) is 0 Å². The van der Waals surface area contributed by atoms with Crippen molar-refractivity contribution >= 4 is 8.07 Å². The van der Waals surface area contributed by atoms with Gasteiger partial charge >= 0.3 is 0 Å². The van der Waals surface area contributed by atoms with Crippen molar-refractivity contribution in [3.8, 4) is 0 Å². The van der Waals surface area contributed by atoms with Crippen LogP contribution in [0, 0.1) is 0 Å². The molecule has 2 aromatic rings. The van der Waals surface area contributed by atoms with Gasteiger partial charge in [-0.15, -0.1) is 0 Å². The summed E-state index contributed by atoms with van der Waals surface area (Å²) in [6.07, 6.45) is 2.53. The highest BCUT2D eigenvalue weighted by Gasteiger charge is 2.27. The molecule has 2 rings (SSSR count). The molecule has 112 valence electrons. The minimum atomic E-state index is -1.11. The summed E-state index contributed by atoms with van der Waals surface area (Å²) in [5, 5.41) is 0. The zero-order chi connectivity index (χ0) is 15.0. The van der Waals surface area contributed by atoms with E-state index < -0.39 is 8.07 Å². The summed E-state index contributed by atoms with van der Waals surface area (Å²) in [6.45, 7) is 4.84. The van der Waals surface area contributed by atoms with Crippen LogP contribution in [0.3, 0.4) is 0 Å². The predicted octanol–water partition coefficient (Wildman–Crippen LogP) is 5.96. The Bertz CT molecular complexity index is 454. The zero-order valence-electron chi connectivity index (χ0n) is 13.5. The van der Waals surface area contributed by atoms with E-state index in [4.69, 9.17) is 0 Å². The molecule has 0 radical (unpaired) electrons. The van der Waals surface area contributed by atoms with E-state index in [9.17, 15) is 0 Å². The third-order valence-electron chi connectivity index (χ3n) is 5.07. The molecular formula is C20H28Si. The Labute approximate surface area is 131 Å². The first kappa shape index (κ1) is 16.0. The highest BCUT2D eigenvalue weighted by Crippen LogP contribution is 2.29. The van der Waals surface area contributed by atoms with Crippen molar-refractivity contribution in [2.45, 2.75) is 50.9 Å². The van der Waals surface area contributed by atoms with Gasteiger partial charge in [0.25, 0.3) is 0 Å². The van der Waals surface area contributed by atoms with E-state index in [1.165, 1.54) is 48.1 Å². The molecule has 0 bridgehead atoms. The van der Waals surface area contributed by atoms with Crippen LogP contribution in [0.15, 0.2) is 60.7 Å². The van der Waals surface area contributed by atoms with Crippen molar-refractivity contribution in [3.05, 3.63) is 71.8 Å². The molecule has 0 saturated heterocycles. The fraction of sp³-hybridized carbons (Fsp3) is 0.400. The lowest BCUT2D eigenvalue weighted by Crippen LogP contribution is -2.33. The predicted molar refractivity (Wildman–Crippen MR) is 96.6 cm³/mol. The Kier molecular flexibility index (Phi) is 6.25. The van der Waals surface area contributed by atoms with Gasteiger partial charge in [-0.25, -0.2) is 0 Å². The number of hydrogen-bond donors (Lipinski definition) is 0. The molecule has 0 spiro atoms. The molecular weight excluding hydrogens is 268 g/mol. The first-order valence-corrected chi connectivity index (χ1v) is 11.2. The topological polar surface area (TPSA) is 0 Å². The van der Waals surface area contributed by atoms with Gasteiger partial charge in [0, 0.05) is 0 Å². The molecule has 0 atom stereocenters. The smallest absolute Gasteiger partial charge is 0.0536 e. The van der Waals surface area contributed by atoms with Crippen molar-refractivity contribution in [3.63, 3.8) is 0 Å². The van der Waals surface area contributed by atoms with E-state index in [0.717, 1.165) is 0 Å². The van der Waals surface area contributed by atoms with Crippen LogP contribution in [0.2, 0.25) is 24.2 Å². The molecule has 0 amide bonds. The number of rotatable bonds is 8. The first-order valence-electron chi connectivity index (χ1n) is 8.36. The second-order valence-corrected chi connectivity index (χ2v) is 11.6. The summed E-state index contributed by atoms with van der Waals surface area (Å²) in [7, 11) is -1.11. The SMILES string of the molecule is CC[Si](CC)(CCc1ccccc1)CCc1ccccc1. The normalized spacial score (nSPS) is 11.5. The summed E-state index contributed by atoms with van der Waals surface area (Å²) in [5.41, 5.74) is 3.02. The van der Waals surface area contributed by atoms with Crippen molar-refractivity contribution < 1.29 is 0 Å². The highest BCUT2D eigenvalue weighted by molar-refractivity contribution is 6.79. The third-order valence-corrected chi connectivity index (χ3v) is 10.7. The maximum atomic E-state index is 2.42. The van der Waals surface area contributed by atoms with Gasteiger partial charge in [-0.1, -0.05) is 98.7 Å². The molecule has 0 aliphatic heterocycles. The minimum Gasteiger partial charge on any atom is -0.0678 e. The average molecular weight is 297 g/mol. The maximum absolute atomic E-state index is 2.42. The van der Waals surface area contributed by atoms with Gasteiger partial charge in [-0.3, -0.25) is 0 Å². The zero-order valence-corrected chi connectivity index (χ0v) is 14.5. The maximum Gasteiger partial charge on any atom is 0.0536 e.